The summed E-state index contributed by atoms with van der Waals surface area (Å²) in [5, 5.41) is 68.5. The third kappa shape index (κ3) is 3.00. The van der Waals surface area contributed by atoms with E-state index in [9.17, 15) is 40.5 Å². The van der Waals surface area contributed by atoms with Gasteiger partial charge in [0.25, 0.3) is 23.2 Å². The first kappa shape index (κ1) is 19.6. The summed E-state index contributed by atoms with van der Waals surface area (Å²) in [6.45, 7) is 0. The normalized spacial score (nSPS) is 10.9. The van der Waals surface area contributed by atoms with Gasteiger partial charge in [-0.05, 0) is 9.85 Å². The Morgan fingerprint density at radius 1 is 0.562 bits per heavy atom. The third-order valence-electron chi connectivity index (χ3n) is 3.61. The molecule has 4 heterocycles. The van der Waals surface area contributed by atoms with Gasteiger partial charge in [-0.1, -0.05) is 10.2 Å². The quantitative estimate of drug-likeness (QED) is 0.286. The average molecular weight is 450 g/mol. The number of nitrogens with one attached hydrogen (secondary N) is 2. The lowest BCUT2D eigenvalue weighted by Crippen LogP contribution is -1.95. The molecule has 0 amide bonds. The molecule has 0 saturated carbocycles. The molecule has 22 nitrogen and oxygen atoms in total. The van der Waals surface area contributed by atoms with Gasteiger partial charge in [-0.15, -0.1) is 30.6 Å². The summed E-state index contributed by atoms with van der Waals surface area (Å²) in [5.74, 6) is -4.42. The van der Waals surface area contributed by atoms with Crippen LogP contribution in [-0.4, -0.2) is 60.5 Å². The largest absolute Gasteiger partial charge is 0.422 e. The van der Waals surface area contributed by atoms with E-state index in [-0.39, 0.29) is 0 Å². The van der Waals surface area contributed by atoms with E-state index in [1.165, 1.54) is 0 Å². The lowest BCUT2D eigenvalue weighted by atomic mass is 10.3. The van der Waals surface area contributed by atoms with Crippen molar-refractivity contribution in [3.8, 4) is 35.0 Å². The zero-order valence-electron chi connectivity index (χ0n) is 14.6. The minimum Gasteiger partial charge on any atom is -0.410 e. The van der Waals surface area contributed by atoms with Crippen molar-refractivity contribution in [1.82, 2.24) is 40.8 Å². The Morgan fingerprint density at radius 3 is 1.22 bits per heavy atom. The molecule has 0 atom stereocenters. The molecule has 4 aromatic rings. The molecule has 0 aliphatic heterocycles. The van der Waals surface area contributed by atoms with Crippen LogP contribution in [0, 0.1) is 40.5 Å². The first-order chi connectivity index (χ1) is 15.2. The fourth-order valence-electron chi connectivity index (χ4n) is 2.36. The molecule has 0 bridgehead atoms. The van der Waals surface area contributed by atoms with Crippen molar-refractivity contribution in [2.45, 2.75) is 0 Å². The van der Waals surface area contributed by atoms with Gasteiger partial charge in [0.05, 0.1) is 9.85 Å². The Kier molecular flexibility index (Phi) is 4.27. The van der Waals surface area contributed by atoms with Crippen molar-refractivity contribution in [1.29, 1.82) is 0 Å². The average Bonchev–Trinajstić information content (AvgIpc) is 3.51. The smallest absolute Gasteiger partial charge is 0.410 e. The summed E-state index contributed by atoms with van der Waals surface area (Å²) in [4.78, 5) is 39.7. The highest BCUT2D eigenvalue weighted by molar-refractivity contribution is 5.70. The Morgan fingerprint density at radius 2 is 0.906 bits per heavy atom. The van der Waals surface area contributed by atoms with Crippen LogP contribution in [0.15, 0.2) is 8.83 Å². The van der Waals surface area contributed by atoms with E-state index in [0.717, 1.165) is 0 Å². The van der Waals surface area contributed by atoms with Crippen LogP contribution in [-0.2, 0) is 0 Å². The van der Waals surface area contributed by atoms with Gasteiger partial charge in [0, 0.05) is 0 Å². The van der Waals surface area contributed by atoms with Crippen LogP contribution >= 0.6 is 0 Å². The summed E-state index contributed by atoms with van der Waals surface area (Å²) in [5.41, 5.74) is -3.40. The molecule has 32 heavy (non-hydrogen) atoms. The number of nitro groups is 4. The summed E-state index contributed by atoms with van der Waals surface area (Å²) in [6.07, 6.45) is 0. The molecule has 2 N–H and O–H groups in total. The number of hydrogen-bond donors (Lipinski definition) is 2. The predicted molar refractivity (Wildman–Crippen MR) is 89.4 cm³/mol. The van der Waals surface area contributed by atoms with Crippen molar-refractivity contribution in [3.05, 3.63) is 40.5 Å². The molecule has 0 radical (unpaired) electrons. The second kappa shape index (κ2) is 6.97. The van der Waals surface area contributed by atoms with Crippen molar-refractivity contribution in [2.24, 2.45) is 0 Å². The van der Waals surface area contributed by atoms with Gasteiger partial charge in [0.15, 0.2) is 0 Å². The van der Waals surface area contributed by atoms with E-state index in [1.54, 1.807) is 0 Å². The van der Waals surface area contributed by atoms with E-state index in [1.807, 2.05) is 10.2 Å². The van der Waals surface area contributed by atoms with Gasteiger partial charge in [0.1, 0.15) is 0 Å². The molecule has 0 aliphatic carbocycles. The maximum Gasteiger partial charge on any atom is 0.422 e. The number of nitrogens with zero attached hydrogens (tertiary/aromatic N) is 10. The molecular formula is C10H2N12O10. The van der Waals surface area contributed by atoms with Crippen molar-refractivity contribution >= 4 is 23.0 Å². The van der Waals surface area contributed by atoms with Gasteiger partial charge in [-0.3, -0.25) is 20.2 Å². The maximum atomic E-state index is 11.2. The van der Waals surface area contributed by atoms with Gasteiger partial charge in [0.2, 0.25) is 0 Å². The zero-order valence-corrected chi connectivity index (χ0v) is 14.6. The fourth-order valence-corrected chi connectivity index (χ4v) is 2.36. The monoisotopic (exact) mass is 450 g/mol. The summed E-state index contributed by atoms with van der Waals surface area (Å²) >= 11 is 0. The van der Waals surface area contributed by atoms with Crippen LogP contribution in [0.3, 0.4) is 0 Å². The first-order valence-electron chi connectivity index (χ1n) is 7.61. The number of H-pyrrole nitrogens is 2. The standard InChI is InChI=1S/C10H2N12O10/c23-19(24)3-1(11-13-5(3)21(27)28)7-15-17-9(31-7)10-18-16-8(32-10)2-4(20(25)26)6(14-12-2)22(29)30/h(H,11,13)(H,12,14). The maximum absolute atomic E-state index is 11.2. The molecule has 4 rings (SSSR count). The highest BCUT2D eigenvalue weighted by Gasteiger charge is 2.38. The molecule has 0 unspecified atom stereocenters. The SMILES string of the molecule is O=[N+]([O-])c1[nH]nc(-c2nnc(-c3nnc(-c4n[nH]c([N+](=O)[O-])c4[N+](=O)[O-])o3)o2)c1[N+](=O)[O-]. The second-order valence-corrected chi connectivity index (χ2v) is 5.39. The van der Waals surface area contributed by atoms with Crippen molar-refractivity contribution in [3.63, 3.8) is 0 Å². The third-order valence-corrected chi connectivity index (χ3v) is 3.61. The summed E-state index contributed by atoms with van der Waals surface area (Å²) in [6, 6.07) is 0. The molecule has 0 spiro atoms. The molecule has 4 aromatic heterocycles. The van der Waals surface area contributed by atoms with Crippen LogP contribution in [0.25, 0.3) is 35.0 Å². The number of hydrogen-bond acceptors (Lipinski definition) is 16. The molecule has 0 saturated heterocycles. The molecule has 0 aliphatic rings. The van der Waals surface area contributed by atoms with Crippen LogP contribution in [0.5, 0.6) is 0 Å². The highest BCUT2D eigenvalue weighted by atomic mass is 16.6. The van der Waals surface area contributed by atoms with Gasteiger partial charge >= 0.3 is 34.8 Å². The number of aromatic amines is 2. The number of rotatable bonds is 7. The highest BCUT2D eigenvalue weighted by Crippen LogP contribution is 2.37. The van der Waals surface area contributed by atoms with Gasteiger partial charge in [-0.2, -0.15) is 0 Å². The first-order valence-corrected chi connectivity index (χ1v) is 7.61. The summed E-state index contributed by atoms with van der Waals surface area (Å²) in [7, 11) is 0. The van der Waals surface area contributed by atoms with Crippen LogP contribution in [0.4, 0.5) is 23.0 Å². The second-order valence-electron chi connectivity index (χ2n) is 5.39. The Bertz CT molecular complexity index is 1300. The Balaban J connectivity index is 1.72. The molecular weight excluding hydrogens is 448 g/mol. The molecule has 22 heteroatoms. The zero-order chi connectivity index (χ0) is 23.2. The Hall–Kier alpha value is -5.70. The van der Waals surface area contributed by atoms with E-state index in [0.29, 0.717) is 0 Å². The van der Waals surface area contributed by atoms with Crippen molar-refractivity contribution < 1.29 is 28.5 Å². The van der Waals surface area contributed by atoms with E-state index < -0.39 is 77.7 Å². The van der Waals surface area contributed by atoms with Crippen LogP contribution in [0.2, 0.25) is 0 Å². The van der Waals surface area contributed by atoms with Crippen LogP contribution in [0.1, 0.15) is 0 Å². The Labute approximate surface area is 168 Å². The lowest BCUT2D eigenvalue weighted by Gasteiger charge is -1.90. The van der Waals surface area contributed by atoms with Crippen LogP contribution < -0.4 is 0 Å². The van der Waals surface area contributed by atoms with Gasteiger partial charge < -0.3 is 29.1 Å². The minimum atomic E-state index is -1.09. The molecule has 0 fully saturated rings. The van der Waals surface area contributed by atoms with E-state index >= 15 is 0 Å². The van der Waals surface area contributed by atoms with E-state index in [4.69, 9.17) is 8.83 Å². The van der Waals surface area contributed by atoms with Gasteiger partial charge in [-0.25, -0.2) is 0 Å². The predicted octanol–water partition coefficient (Wildman–Crippen LogP) is 0.533. The summed E-state index contributed by atoms with van der Waals surface area (Å²) < 4.78 is 10.2. The number of aromatic nitrogens is 8. The lowest BCUT2D eigenvalue weighted by molar-refractivity contribution is -0.424. The van der Waals surface area contributed by atoms with Crippen molar-refractivity contribution in [2.75, 3.05) is 0 Å². The fraction of sp³-hybridized carbons (Fsp3) is 0. The topological polar surface area (TPSA) is 308 Å². The molecule has 0 aromatic carbocycles. The molecule has 162 valence electrons. The minimum absolute atomic E-state index is 0.550. The van der Waals surface area contributed by atoms with E-state index in [2.05, 4.69) is 30.6 Å².